The van der Waals surface area contributed by atoms with E-state index in [0.717, 1.165) is 28.2 Å². The highest BCUT2D eigenvalue weighted by atomic mass is 16.2. The van der Waals surface area contributed by atoms with Crippen molar-refractivity contribution in [2.24, 2.45) is 0 Å². The fraction of sp³-hybridized carbons (Fsp3) is 0.167. The zero-order valence-corrected chi connectivity index (χ0v) is 17.7. The van der Waals surface area contributed by atoms with Crippen molar-refractivity contribution in [1.82, 2.24) is 19.3 Å². The molecule has 0 bridgehead atoms. The molecule has 4 rings (SSSR count). The molecular formula is C24H23N5O2. The summed E-state index contributed by atoms with van der Waals surface area (Å²) in [7, 11) is 0. The van der Waals surface area contributed by atoms with E-state index in [1.54, 1.807) is 12.4 Å². The summed E-state index contributed by atoms with van der Waals surface area (Å²) in [6.07, 6.45) is 1.78. The number of hydrogen-bond acceptors (Lipinski definition) is 4. The molecule has 31 heavy (non-hydrogen) atoms. The Morgan fingerprint density at radius 1 is 0.935 bits per heavy atom. The number of hydrogen-bond donors (Lipinski definition) is 1. The fourth-order valence-electron chi connectivity index (χ4n) is 3.24. The van der Waals surface area contributed by atoms with Crippen LogP contribution in [0.5, 0.6) is 0 Å². The first-order valence-corrected chi connectivity index (χ1v) is 9.97. The van der Waals surface area contributed by atoms with Crippen LogP contribution in [0.1, 0.15) is 17.0 Å². The zero-order valence-electron chi connectivity index (χ0n) is 17.7. The average Bonchev–Trinajstić information content (AvgIpc) is 3.09. The topological polar surface area (TPSA) is 81.8 Å². The number of imidazole rings is 1. The van der Waals surface area contributed by atoms with Crippen molar-refractivity contribution in [3.8, 4) is 16.9 Å². The van der Waals surface area contributed by atoms with Crippen molar-refractivity contribution < 1.29 is 4.79 Å². The number of anilines is 1. The summed E-state index contributed by atoms with van der Waals surface area (Å²) in [4.78, 5) is 29.0. The van der Waals surface area contributed by atoms with E-state index in [1.165, 1.54) is 10.7 Å². The van der Waals surface area contributed by atoms with Gasteiger partial charge in [-0.25, -0.2) is 9.67 Å². The third kappa shape index (κ3) is 4.45. The van der Waals surface area contributed by atoms with E-state index < -0.39 is 0 Å². The van der Waals surface area contributed by atoms with E-state index in [1.807, 2.05) is 73.9 Å². The van der Waals surface area contributed by atoms with Crippen molar-refractivity contribution in [3.05, 3.63) is 94.3 Å². The largest absolute Gasteiger partial charge is 0.324 e. The Bertz CT molecular complexity index is 1290. The highest BCUT2D eigenvalue weighted by Gasteiger charge is 2.09. The van der Waals surface area contributed by atoms with Gasteiger partial charge in [0, 0.05) is 28.7 Å². The van der Waals surface area contributed by atoms with Gasteiger partial charge in [0.05, 0.1) is 17.7 Å². The lowest BCUT2D eigenvalue weighted by Crippen LogP contribution is -2.29. The second kappa shape index (κ2) is 8.39. The summed E-state index contributed by atoms with van der Waals surface area (Å²) in [5.74, 6) is -0.321. The van der Waals surface area contributed by atoms with Crippen LogP contribution in [0.4, 0.5) is 5.69 Å². The van der Waals surface area contributed by atoms with Gasteiger partial charge in [0.15, 0.2) is 0 Å². The van der Waals surface area contributed by atoms with Gasteiger partial charge >= 0.3 is 0 Å². The van der Waals surface area contributed by atoms with Gasteiger partial charge in [-0.2, -0.15) is 5.10 Å². The third-order valence-electron chi connectivity index (χ3n) is 5.19. The van der Waals surface area contributed by atoms with Crippen LogP contribution in [-0.4, -0.2) is 25.2 Å². The van der Waals surface area contributed by atoms with Crippen LogP contribution in [0.2, 0.25) is 0 Å². The van der Waals surface area contributed by atoms with Gasteiger partial charge in [-0.15, -0.1) is 0 Å². The predicted octanol–water partition coefficient (Wildman–Crippen LogP) is 3.66. The molecule has 0 unspecified atom stereocenters. The van der Waals surface area contributed by atoms with E-state index in [2.05, 4.69) is 15.4 Å². The van der Waals surface area contributed by atoms with Gasteiger partial charge in [-0.3, -0.25) is 9.59 Å². The molecule has 1 amide bonds. The lowest BCUT2D eigenvalue weighted by atomic mass is 10.1. The molecule has 1 N–H and O–H groups in total. The van der Waals surface area contributed by atoms with Gasteiger partial charge in [0.2, 0.25) is 5.91 Å². The van der Waals surface area contributed by atoms with Crippen molar-refractivity contribution in [1.29, 1.82) is 0 Å². The van der Waals surface area contributed by atoms with Crippen molar-refractivity contribution in [3.63, 3.8) is 0 Å². The molecule has 0 spiro atoms. The van der Waals surface area contributed by atoms with E-state index in [4.69, 9.17) is 0 Å². The van der Waals surface area contributed by atoms with Crippen LogP contribution in [-0.2, 0) is 11.3 Å². The standard InChI is InChI=1S/C24H23N5O2/c1-16-4-6-19(7-5-16)22-12-13-24(31)29(27-22)14-23(30)26-20-8-10-21(11-9-20)28-15-25-17(2)18(28)3/h4-13,15H,14H2,1-3H3,(H,26,30). The summed E-state index contributed by atoms with van der Waals surface area (Å²) in [6.45, 7) is 5.81. The van der Waals surface area contributed by atoms with Crippen molar-refractivity contribution >= 4 is 11.6 Å². The van der Waals surface area contributed by atoms with Crippen LogP contribution in [0.25, 0.3) is 16.9 Å². The maximum atomic E-state index is 12.5. The fourth-order valence-corrected chi connectivity index (χ4v) is 3.24. The molecule has 2 heterocycles. The first kappa shape index (κ1) is 20.3. The molecule has 0 atom stereocenters. The van der Waals surface area contributed by atoms with Gasteiger partial charge in [0.1, 0.15) is 6.54 Å². The van der Waals surface area contributed by atoms with Gasteiger partial charge in [-0.1, -0.05) is 29.8 Å². The second-order valence-electron chi connectivity index (χ2n) is 7.46. The molecule has 0 aliphatic carbocycles. The quantitative estimate of drug-likeness (QED) is 0.541. The lowest BCUT2D eigenvalue weighted by Gasteiger charge is -2.10. The third-order valence-corrected chi connectivity index (χ3v) is 5.19. The number of benzene rings is 2. The molecule has 0 fully saturated rings. The summed E-state index contributed by atoms with van der Waals surface area (Å²) < 4.78 is 3.16. The number of nitrogens with one attached hydrogen (secondary N) is 1. The van der Waals surface area contributed by atoms with Crippen LogP contribution in [0.3, 0.4) is 0 Å². The van der Waals surface area contributed by atoms with Crippen LogP contribution < -0.4 is 10.9 Å². The highest BCUT2D eigenvalue weighted by molar-refractivity contribution is 5.90. The smallest absolute Gasteiger partial charge is 0.267 e. The highest BCUT2D eigenvalue weighted by Crippen LogP contribution is 2.17. The number of carbonyl (C=O) groups excluding carboxylic acids is 1. The maximum absolute atomic E-state index is 12.5. The summed E-state index contributed by atoms with van der Waals surface area (Å²) in [5.41, 5.74) is 5.99. The van der Waals surface area contributed by atoms with E-state index in [0.29, 0.717) is 11.4 Å². The minimum absolute atomic E-state index is 0.167. The number of nitrogens with zero attached hydrogens (tertiary/aromatic N) is 4. The predicted molar refractivity (Wildman–Crippen MR) is 120 cm³/mol. The molecule has 156 valence electrons. The molecule has 0 radical (unpaired) electrons. The molecule has 7 nitrogen and oxygen atoms in total. The van der Waals surface area contributed by atoms with Gasteiger partial charge < -0.3 is 9.88 Å². The Kier molecular flexibility index (Phi) is 5.49. The van der Waals surface area contributed by atoms with Crippen molar-refractivity contribution in [2.45, 2.75) is 27.3 Å². The average molecular weight is 413 g/mol. The molecule has 0 saturated heterocycles. The lowest BCUT2D eigenvalue weighted by molar-refractivity contribution is -0.117. The molecular weight excluding hydrogens is 390 g/mol. The Morgan fingerprint density at radius 3 is 2.29 bits per heavy atom. The zero-order chi connectivity index (χ0) is 22.0. The summed E-state index contributed by atoms with van der Waals surface area (Å²) >= 11 is 0. The maximum Gasteiger partial charge on any atom is 0.267 e. The van der Waals surface area contributed by atoms with Crippen LogP contribution in [0.15, 0.2) is 71.8 Å². The number of aryl methyl sites for hydroxylation is 2. The summed E-state index contributed by atoms with van der Waals surface area (Å²) in [5, 5.41) is 7.17. The van der Waals surface area contributed by atoms with E-state index in [9.17, 15) is 9.59 Å². The first-order chi connectivity index (χ1) is 14.9. The molecule has 0 saturated carbocycles. The number of rotatable bonds is 5. The van der Waals surface area contributed by atoms with E-state index >= 15 is 0 Å². The Balaban J connectivity index is 1.47. The number of carbonyl (C=O) groups is 1. The minimum atomic E-state index is -0.327. The Labute approximate surface area is 180 Å². The number of aromatic nitrogens is 4. The molecule has 7 heteroatoms. The molecule has 0 aliphatic rings. The minimum Gasteiger partial charge on any atom is -0.324 e. The Hall–Kier alpha value is -4.00. The van der Waals surface area contributed by atoms with Gasteiger partial charge in [0.25, 0.3) is 5.56 Å². The summed E-state index contributed by atoms with van der Waals surface area (Å²) in [6, 6.07) is 18.4. The molecule has 2 aromatic heterocycles. The van der Waals surface area contributed by atoms with Crippen molar-refractivity contribution in [2.75, 3.05) is 5.32 Å². The van der Waals surface area contributed by atoms with Crippen LogP contribution in [0, 0.1) is 20.8 Å². The normalized spacial score (nSPS) is 10.8. The van der Waals surface area contributed by atoms with Gasteiger partial charge in [-0.05, 0) is 51.1 Å². The van der Waals surface area contributed by atoms with Crippen LogP contribution >= 0.6 is 0 Å². The molecule has 0 aliphatic heterocycles. The second-order valence-corrected chi connectivity index (χ2v) is 7.46. The molecule has 4 aromatic rings. The SMILES string of the molecule is Cc1ccc(-c2ccc(=O)n(CC(=O)Nc3ccc(-n4cnc(C)c4C)cc3)n2)cc1. The first-order valence-electron chi connectivity index (χ1n) is 9.97. The van der Waals surface area contributed by atoms with E-state index in [-0.39, 0.29) is 18.0 Å². The number of amides is 1. The molecule has 2 aromatic carbocycles. The monoisotopic (exact) mass is 413 g/mol. The Morgan fingerprint density at radius 2 is 1.65 bits per heavy atom.